The van der Waals surface area contributed by atoms with E-state index in [1.54, 1.807) is 7.11 Å². The molecule has 4 heteroatoms. The molecule has 1 aromatic rings. The maximum atomic E-state index is 5.69. The molecule has 0 amide bonds. The number of nitrogen functional groups attached to an aromatic ring is 1. The van der Waals surface area contributed by atoms with Crippen molar-refractivity contribution < 1.29 is 4.74 Å². The second-order valence-electron chi connectivity index (χ2n) is 4.31. The molecule has 2 rings (SSSR count). The standard InChI is InChI=1S/C12H19N3O/c1-16-12-10(13)5-6-11(15-12)14-8-7-9-3-2-4-9/h5-6,9H,2-4,7-8,13H2,1H3,(H,14,15). The summed E-state index contributed by atoms with van der Waals surface area (Å²) < 4.78 is 5.07. The van der Waals surface area contributed by atoms with Crippen molar-refractivity contribution in [3.05, 3.63) is 12.1 Å². The average Bonchev–Trinajstić information content (AvgIpc) is 2.24. The zero-order valence-corrected chi connectivity index (χ0v) is 9.70. The number of anilines is 2. The highest BCUT2D eigenvalue weighted by Crippen LogP contribution is 2.29. The maximum absolute atomic E-state index is 5.69. The maximum Gasteiger partial charge on any atom is 0.238 e. The van der Waals surface area contributed by atoms with Crippen molar-refractivity contribution in [2.24, 2.45) is 5.92 Å². The van der Waals surface area contributed by atoms with Crippen LogP contribution in [0.2, 0.25) is 0 Å². The Morgan fingerprint density at radius 3 is 2.94 bits per heavy atom. The normalized spacial score (nSPS) is 15.6. The van der Waals surface area contributed by atoms with Gasteiger partial charge in [-0.3, -0.25) is 0 Å². The Hall–Kier alpha value is -1.45. The second kappa shape index (κ2) is 5.05. The van der Waals surface area contributed by atoms with Crippen molar-refractivity contribution in [3.8, 4) is 5.88 Å². The molecule has 0 unspecified atom stereocenters. The third-order valence-corrected chi connectivity index (χ3v) is 3.17. The van der Waals surface area contributed by atoms with E-state index in [0.717, 1.165) is 18.3 Å². The zero-order chi connectivity index (χ0) is 11.4. The zero-order valence-electron chi connectivity index (χ0n) is 9.70. The van der Waals surface area contributed by atoms with Crippen LogP contribution in [0, 0.1) is 5.92 Å². The molecule has 0 atom stereocenters. The van der Waals surface area contributed by atoms with Gasteiger partial charge in [0.15, 0.2) is 0 Å². The number of pyridine rings is 1. The van der Waals surface area contributed by atoms with Gasteiger partial charge >= 0.3 is 0 Å². The summed E-state index contributed by atoms with van der Waals surface area (Å²) in [5, 5.41) is 3.30. The number of methoxy groups -OCH3 is 1. The average molecular weight is 221 g/mol. The number of ether oxygens (including phenoxy) is 1. The smallest absolute Gasteiger partial charge is 0.238 e. The Morgan fingerprint density at radius 1 is 1.50 bits per heavy atom. The fourth-order valence-electron chi connectivity index (χ4n) is 1.90. The van der Waals surface area contributed by atoms with Crippen LogP contribution in [0.3, 0.4) is 0 Å². The molecule has 0 aliphatic heterocycles. The first kappa shape index (κ1) is 11.0. The van der Waals surface area contributed by atoms with Gasteiger partial charge in [-0.2, -0.15) is 4.98 Å². The van der Waals surface area contributed by atoms with Gasteiger partial charge in [-0.1, -0.05) is 19.3 Å². The molecule has 0 radical (unpaired) electrons. The molecule has 1 aromatic heterocycles. The number of hydrogen-bond donors (Lipinski definition) is 2. The van der Waals surface area contributed by atoms with Crippen LogP contribution in [-0.4, -0.2) is 18.6 Å². The number of rotatable bonds is 5. The van der Waals surface area contributed by atoms with E-state index in [9.17, 15) is 0 Å². The van der Waals surface area contributed by atoms with Gasteiger partial charge in [0.25, 0.3) is 0 Å². The minimum absolute atomic E-state index is 0.494. The van der Waals surface area contributed by atoms with E-state index in [0.29, 0.717) is 11.6 Å². The van der Waals surface area contributed by atoms with Crippen LogP contribution in [0.5, 0.6) is 5.88 Å². The SMILES string of the molecule is COc1nc(NCCC2CCC2)ccc1N. The molecular formula is C12H19N3O. The van der Waals surface area contributed by atoms with E-state index in [4.69, 9.17) is 10.5 Å². The lowest BCUT2D eigenvalue weighted by atomic mass is 9.83. The number of nitrogens with one attached hydrogen (secondary N) is 1. The van der Waals surface area contributed by atoms with Crippen LogP contribution in [-0.2, 0) is 0 Å². The molecule has 1 aliphatic carbocycles. The van der Waals surface area contributed by atoms with Gasteiger partial charge < -0.3 is 15.8 Å². The molecule has 3 N–H and O–H groups in total. The number of aromatic nitrogens is 1. The molecular weight excluding hydrogens is 202 g/mol. The summed E-state index contributed by atoms with van der Waals surface area (Å²) in [6, 6.07) is 3.70. The highest BCUT2D eigenvalue weighted by molar-refractivity contribution is 5.53. The van der Waals surface area contributed by atoms with E-state index < -0.39 is 0 Å². The van der Waals surface area contributed by atoms with E-state index in [1.165, 1.54) is 25.7 Å². The topological polar surface area (TPSA) is 60.2 Å². The van der Waals surface area contributed by atoms with Crippen molar-refractivity contribution >= 4 is 11.5 Å². The van der Waals surface area contributed by atoms with Gasteiger partial charge in [-0.05, 0) is 24.5 Å². The van der Waals surface area contributed by atoms with Crippen molar-refractivity contribution in [3.63, 3.8) is 0 Å². The van der Waals surface area contributed by atoms with Gasteiger partial charge in [-0.15, -0.1) is 0 Å². The summed E-state index contributed by atoms with van der Waals surface area (Å²) in [5.41, 5.74) is 6.27. The fourth-order valence-corrected chi connectivity index (χ4v) is 1.90. The van der Waals surface area contributed by atoms with Crippen LogP contribution in [0.4, 0.5) is 11.5 Å². The molecule has 1 saturated carbocycles. The quantitative estimate of drug-likeness (QED) is 0.800. The van der Waals surface area contributed by atoms with Crippen LogP contribution >= 0.6 is 0 Å². The summed E-state index contributed by atoms with van der Waals surface area (Å²) in [6.07, 6.45) is 5.41. The Kier molecular flexibility index (Phi) is 3.49. The van der Waals surface area contributed by atoms with E-state index >= 15 is 0 Å². The summed E-state index contributed by atoms with van der Waals surface area (Å²) in [7, 11) is 1.58. The first-order valence-corrected chi connectivity index (χ1v) is 5.84. The molecule has 0 aromatic carbocycles. The van der Waals surface area contributed by atoms with Crippen LogP contribution in [0.25, 0.3) is 0 Å². The Bertz CT molecular complexity index is 350. The van der Waals surface area contributed by atoms with Crippen LogP contribution in [0.15, 0.2) is 12.1 Å². The summed E-state index contributed by atoms with van der Waals surface area (Å²) in [4.78, 5) is 4.27. The largest absolute Gasteiger partial charge is 0.479 e. The molecule has 0 spiro atoms. The molecule has 88 valence electrons. The van der Waals surface area contributed by atoms with Crippen molar-refractivity contribution in [1.82, 2.24) is 4.98 Å². The first-order chi connectivity index (χ1) is 7.79. The van der Waals surface area contributed by atoms with E-state index in [-0.39, 0.29) is 0 Å². The second-order valence-corrected chi connectivity index (χ2v) is 4.31. The summed E-state index contributed by atoms with van der Waals surface area (Å²) in [5.74, 6) is 2.25. The third-order valence-electron chi connectivity index (χ3n) is 3.17. The monoisotopic (exact) mass is 221 g/mol. The van der Waals surface area contributed by atoms with Crippen LogP contribution < -0.4 is 15.8 Å². The fraction of sp³-hybridized carbons (Fsp3) is 0.583. The predicted octanol–water partition coefficient (Wildman–Crippen LogP) is 2.27. The first-order valence-electron chi connectivity index (χ1n) is 5.84. The molecule has 1 fully saturated rings. The lowest BCUT2D eigenvalue weighted by Crippen LogP contribution is -2.16. The molecule has 1 heterocycles. The van der Waals surface area contributed by atoms with Gasteiger partial charge in [-0.25, -0.2) is 0 Å². The third kappa shape index (κ3) is 2.56. The number of hydrogen-bond acceptors (Lipinski definition) is 4. The highest BCUT2D eigenvalue weighted by Gasteiger charge is 2.16. The Labute approximate surface area is 96.2 Å². The molecule has 0 bridgehead atoms. The van der Waals surface area contributed by atoms with E-state index in [2.05, 4.69) is 10.3 Å². The van der Waals surface area contributed by atoms with Gasteiger partial charge in [0.2, 0.25) is 5.88 Å². The van der Waals surface area contributed by atoms with Gasteiger partial charge in [0, 0.05) is 6.54 Å². The molecule has 4 nitrogen and oxygen atoms in total. The predicted molar refractivity (Wildman–Crippen MR) is 65.6 cm³/mol. The molecule has 0 saturated heterocycles. The highest BCUT2D eigenvalue weighted by atomic mass is 16.5. The van der Waals surface area contributed by atoms with Gasteiger partial charge in [0.05, 0.1) is 12.8 Å². The number of nitrogens with zero attached hydrogens (tertiary/aromatic N) is 1. The number of nitrogens with two attached hydrogens (primary N) is 1. The van der Waals surface area contributed by atoms with Crippen molar-refractivity contribution in [2.75, 3.05) is 24.7 Å². The summed E-state index contributed by atoms with van der Waals surface area (Å²) in [6.45, 7) is 0.977. The van der Waals surface area contributed by atoms with Crippen molar-refractivity contribution in [2.45, 2.75) is 25.7 Å². The molecule has 16 heavy (non-hydrogen) atoms. The Morgan fingerprint density at radius 2 is 2.31 bits per heavy atom. The lowest BCUT2D eigenvalue weighted by Gasteiger charge is -2.25. The minimum atomic E-state index is 0.494. The van der Waals surface area contributed by atoms with Crippen LogP contribution in [0.1, 0.15) is 25.7 Å². The summed E-state index contributed by atoms with van der Waals surface area (Å²) >= 11 is 0. The van der Waals surface area contributed by atoms with E-state index in [1.807, 2.05) is 12.1 Å². The van der Waals surface area contributed by atoms with Crippen molar-refractivity contribution in [1.29, 1.82) is 0 Å². The lowest BCUT2D eigenvalue weighted by molar-refractivity contribution is 0.303. The minimum Gasteiger partial charge on any atom is -0.479 e. The Balaban J connectivity index is 1.83. The van der Waals surface area contributed by atoms with Gasteiger partial charge in [0.1, 0.15) is 5.82 Å². The molecule has 1 aliphatic rings.